The van der Waals surface area contributed by atoms with Gasteiger partial charge in [-0.15, -0.1) is 0 Å². The van der Waals surface area contributed by atoms with Gasteiger partial charge >= 0.3 is 17.9 Å². The molecule has 1 atom stereocenters. The van der Waals surface area contributed by atoms with E-state index in [2.05, 4.69) is 5.32 Å². The molecule has 29 heavy (non-hydrogen) atoms. The number of hydrogen-bond donors (Lipinski definition) is 6. The van der Waals surface area contributed by atoms with Crippen molar-refractivity contribution >= 4 is 46.8 Å². The number of carboxylic acids is 3. The summed E-state index contributed by atoms with van der Waals surface area (Å²) in [4.78, 5) is 29.4. The number of carboxylic acid groups (broad SMARTS) is 3. The molecule has 0 spiro atoms. The zero-order valence-corrected chi connectivity index (χ0v) is 17.0. The molecule has 0 saturated carbocycles. The number of aliphatic hydroxyl groups excluding tert-OH is 1. The summed E-state index contributed by atoms with van der Waals surface area (Å²) in [6, 6.07) is 3.20. The molecule has 11 heteroatoms. The van der Waals surface area contributed by atoms with Crippen molar-refractivity contribution in [1.29, 1.82) is 0 Å². The van der Waals surface area contributed by atoms with Crippen LogP contribution >= 0.6 is 23.2 Å². The average Bonchev–Trinajstić information content (AvgIpc) is 2.63. The summed E-state index contributed by atoms with van der Waals surface area (Å²) in [5, 5.41) is 37.9. The SMILES string of the molecule is Nc1c(Cl)cc(C(O)CNCCCCCC(=O)O)cc1Cl.O=C(O)/C=C/C(=O)O. The zero-order chi connectivity index (χ0) is 22.4. The molecule has 0 amide bonds. The Hall–Kier alpha value is -2.33. The highest BCUT2D eigenvalue weighted by Gasteiger charge is 2.11. The molecule has 0 aliphatic carbocycles. The van der Waals surface area contributed by atoms with Crippen LogP contribution in [0.1, 0.15) is 37.4 Å². The lowest BCUT2D eigenvalue weighted by Gasteiger charge is -2.14. The summed E-state index contributed by atoms with van der Waals surface area (Å²) in [7, 11) is 0. The Balaban J connectivity index is 0.000000828. The van der Waals surface area contributed by atoms with E-state index in [9.17, 15) is 19.5 Å². The van der Waals surface area contributed by atoms with Crippen molar-refractivity contribution < 1.29 is 34.8 Å². The number of hydrogen-bond acceptors (Lipinski definition) is 6. The predicted molar refractivity (Wildman–Crippen MR) is 109 cm³/mol. The van der Waals surface area contributed by atoms with Crippen LogP contribution in [-0.2, 0) is 14.4 Å². The van der Waals surface area contributed by atoms with E-state index in [0.29, 0.717) is 53.0 Å². The largest absolute Gasteiger partial charge is 0.481 e. The van der Waals surface area contributed by atoms with E-state index in [1.165, 1.54) is 0 Å². The highest BCUT2D eigenvalue weighted by molar-refractivity contribution is 6.38. The third kappa shape index (κ3) is 13.5. The highest BCUT2D eigenvalue weighted by atomic mass is 35.5. The minimum absolute atomic E-state index is 0.199. The van der Waals surface area contributed by atoms with E-state index in [1.54, 1.807) is 12.1 Å². The Bertz CT molecular complexity index is 687. The fourth-order valence-corrected chi connectivity index (χ4v) is 2.50. The van der Waals surface area contributed by atoms with Crippen molar-refractivity contribution in [2.75, 3.05) is 18.8 Å². The second-order valence-electron chi connectivity index (χ2n) is 5.83. The molecule has 0 fully saturated rings. The van der Waals surface area contributed by atoms with E-state index in [4.69, 9.17) is 44.3 Å². The number of nitrogen functional groups attached to an aromatic ring is 1. The van der Waals surface area contributed by atoms with Gasteiger partial charge in [0.2, 0.25) is 0 Å². The van der Waals surface area contributed by atoms with Gasteiger partial charge in [0, 0.05) is 25.1 Å². The number of benzene rings is 1. The minimum Gasteiger partial charge on any atom is -0.481 e. The zero-order valence-electron chi connectivity index (χ0n) is 15.5. The summed E-state index contributed by atoms with van der Waals surface area (Å²) in [5.74, 6) is -3.28. The molecule has 1 rings (SSSR count). The predicted octanol–water partition coefficient (Wildman–Crippen LogP) is 2.56. The molecule has 162 valence electrons. The first-order valence-corrected chi connectivity index (χ1v) is 9.29. The van der Waals surface area contributed by atoms with Crippen LogP contribution in [0.3, 0.4) is 0 Å². The molecule has 7 N–H and O–H groups in total. The normalized spacial score (nSPS) is 11.6. The van der Waals surface area contributed by atoms with Crippen molar-refractivity contribution in [3.05, 3.63) is 39.9 Å². The summed E-state index contributed by atoms with van der Waals surface area (Å²) in [6.45, 7) is 1.09. The highest BCUT2D eigenvalue weighted by Crippen LogP contribution is 2.31. The Labute approximate surface area is 177 Å². The molecule has 0 saturated heterocycles. The molecule has 0 heterocycles. The molecule has 1 unspecified atom stereocenters. The summed E-state index contributed by atoms with van der Waals surface area (Å²) < 4.78 is 0. The van der Waals surface area contributed by atoms with Gasteiger partial charge in [-0.25, -0.2) is 9.59 Å². The fraction of sp³-hybridized carbons (Fsp3) is 0.389. The molecule has 0 bridgehead atoms. The lowest BCUT2D eigenvalue weighted by atomic mass is 10.1. The van der Waals surface area contributed by atoms with Crippen molar-refractivity contribution in [3.8, 4) is 0 Å². The number of halogens is 2. The molecule has 0 aliphatic rings. The maximum Gasteiger partial charge on any atom is 0.328 e. The molecule has 1 aromatic rings. The quantitative estimate of drug-likeness (QED) is 0.168. The van der Waals surface area contributed by atoms with Gasteiger partial charge in [-0.05, 0) is 37.1 Å². The molecule has 0 aliphatic heterocycles. The molecular weight excluding hydrogens is 427 g/mol. The Kier molecular flexibility index (Phi) is 13.5. The van der Waals surface area contributed by atoms with Gasteiger partial charge in [0.15, 0.2) is 0 Å². The monoisotopic (exact) mass is 450 g/mol. The first-order chi connectivity index (χ1) is 13.5. The number of aliphatic carboxylic acids is 3. The number of carbonyl (C=O) groups is 3. The number of anilines is 1. The molecule has 9 nitrogen and oxygen atoms in total. The van der Waals surface area contributed by atoms with E-state index >= 15 is 0 Å². The standard InChI is InChI=1S/C14H20Cl2N2O3.C4H4O4/c15-10-6-9(7-11(16)14(10)17)12(19)8-18-5-3-1-2-4-13(20)21;5-3(6)1-2-4(7)8/h6-7,12,18-19H,1-5,8,17H2,(H,20,21);1-2H,(H,5,6)(H,7,8)/b;2-1+. The van der Waals surface area contributed by atoms with Crippen LogP contribution in [0.5, 0.6) is 0 Å². The molecule has 0 aromatic heterocycles. The lowest BCUT2D eigenvalue weighted by molar-refractivity contribution is -0.137. The average molecular weight is 451 g/mol. The van der Waals surface area contributed by atoms with Crippen LogP contribution in [0.25, 0.3) is 0 Å². The van der Waals surface area contributed by atoms with Gasteiger partial charge in [-0.1, -0.05) is 29.6 Å². The van der Waals surface area contributed by atoms with Gasteiger partial charge in [-0.2, -0.15) is 0 Å². The molecule has 0 radical (unpaired) electrons. The van der Waals surface area contributed by atoms with Gasteiger partial charge in [0.1, 0.15) is 0 Å². The number of aliphatic hydroxyl groups is 1. The maximum absolute atomic E-state index is 10.3. The first kappa shape index (κ1) is 26.7. The minimum atomic E-state index is -1.26. The van der Waals surface area contributed by atoms with E-state index in [-0.39, 0.29) is 6.42 Å². The third-order valence-corrected chi connectivity index (χ3v) is 4.06. The van der Waals surface area contributed by atoms with Crippen LogP contribution in [0.2, 0.25) is 10.0 Å². The second-order valence-corrected chi connectivity index (χ2v) is 6.65. The van der Waals surface area contributed by atoms with Gasteiger partial charge in [0.25, 0.3) is 0 Å². The second kappa shape index (κ2) is 14.6. The van der Waals surface area contributed by atoms with Crippen molar-refractivity contribution in [3.63, 3.8) is 0 Å². The van der Waals surface area contributed by atoms with Crippen LogP contribution in [0.15, 0.2) is 24.3 Å². The van der Waals surface area contributed by atoms with Crippen LogP contribution in [-0.4, -0.2) is 51.4 Å². The van der Waals surface area contributed by atoms with Crippen LogP contribution < -0.4 is 11.1 Å². The number of nitrogens with one attached hydrogen (secondary N) is 1. The number of rotatable bonds is 11. The topological polar surface area (TPSA) is 170 Å². The molecule has 1 aromatic carbocycles. The fourth-order valence-electron chi connectivity index (χ4n) is 2.00. The van der Waals surface area contributed by atoms with E-state index < -0.39 is 24.0 Å². The Morgan fingerprint density at radius 3 is 1.97 bits per heavy atom. The number of unbranched alkanes of at least 4 members (excludes halogenated alkanes) is 2. The maximum atomic E-state index is 10.3. The van der Waals surface area contributed by atoms with Gasteiger partial charge in [-0.3, -0.25) is 4.79 Å². The van der Waals surface area contributed by atoms with Crippen molar-refractivity contribution in [2.45, 2.75) is 31.8 Å². The summed E-state index contributed by atoms with van der Waals surface area (Å²) >= 11 is 11.8. The van der Waals surface area contributed by atoms with E-state index in [0.717, 1.165) is 12.8 Å². The van der Waals surface area contributed by atoms with Gasteiger partial charge < -0.3 is 31.5 Å². The molecular formula is C18H24Cl2N2O7. The smallest absolute Gasteiger partial charge is 0.328 e. The Morgan fingerprint density at radius 1 is 1.00 bits per heavy atom. The summed E-state index contributed by atoms with van der Waals surface area (Å²) in [6.07, 6.45) is 2.97. The number of nitrogens with two attached hydrogens (primary N) is 1. The van der Waals surface area contributed by atoms with Crippen molar-refractivity contribution in [2.24, 2.45) is 0 Å². The van der Waals surface area contributed by atoms with Crippen molar-refractivity contribution in [1.82, 2.24) is 5.32 Å². The summed E-state index contributed by atoms with van der Waals surface area (Å²) in [5.41, 5.74) is 6.55. The van der Waals surface area contributed by atoms with E-state index in [1.807, 2.05) is 0 Å². The lowest BCUT2D eigenvalue weighted by Crippen LogP contribution is -2.22. The Morgan fingerprint density at radius 2 is 1.52 bits per heavy atom. The third-order valence-electron chi connectivity index (χ3n) is 3.44. The first-order valence-electron chi connectivity index (χ1n) is 8.53. The van der Waals surface area contributed by atoms with Crippen LogP contribution in [0, 0.1) is 0 Å². The van der Waals surface area contributed by atoms with Crippen LogP contribution in [0.4, 0.5) is 5.69 Å². The van der Waals surface area contributed by atoms with Gasteiger partial charge in [0.05, 0.1) is 21.8 Å².